The summed E-state index contributed by atoms with van der Waals surface area (Å²) in [5.74, 6) is 0.508. The smallest absolute Gasteiger partial charge is 0.310 e. The van der Waals surface area contributed by atoms with Gasteiger partial charge in [0.1, 0.15) is 11.9 Å². The van der Waals surface area contributed by atoms with Crippen LogP contribution in [-0.2, 0) is 16.0 Å². The van der Waals surface area contributed by atoms with Gasteiger partial charge in [0.05, 0.1) is 6.42 Å². The molecule has 1 N–H and O–H groups in total. The molecule has 0 spiro atoms. The van der Waals surface area contributed by atoms with Gasteiger partial charge < -0.3 is 14.7 Å². The lowest BCUT2D eigenvalue weighted by Gasteiger charge is -2.16. The molecule has 1 aromatic carbocycles. The summed E-state index contributed by atoms with van der Waals surface area (Å²) in [5.41, 5.74) is 1.70. The van der Waals surface area contributed by atoms with Crippen LogP contribution in [0.2, 0.25) is 0 Å². The number of phenolic OH excluding ortho intramolecular Hbond substituents is 1. The van der Waals surface area contributed by atoms with Crippen molar-refractivity contribution in [1.29, 1.82) is 0 Å². The minimum atomic E-state index is -0.237. The first-order valence-corrected chi connectivity index (χ1v) is 8.32. The Kier molecular flexibility index (Phi) is 4.67. The zero-order valence-corrected chi connectivity index (χ0v) is 13.3. The number of esters is 1. The number of aromatic hydroxyl groups is 1. The summed E-state index contributed by atoms with van der Waals surface area (Å²) in [7, 11) is 2.03. The minimum absolute atomic E-state index is 0.00217. The summed E-state index contributed by atoms with van der Waals surface area (Å²) in [6.45, 7) is 1.78. The van der Waals surface area contributed by atoms with Gasteiger partial charge in [0.15, 0.2) is 0 Å². The van der Waals surface area contributed by atoms with Crippen molar-refractivity contribution in [2.75, 3.05) is 20.1 Å². The van der Waals surface area contributed by atoms with Crippen molar-refractivity contribution in [3.63, 3.8) is 0 Å². The monoisotopic (exact) mass is 303 g/mol. The Bertz CT molecular complexity index is 537. The Morgan fingerprint density at radius 1 is 1.32 bits per heavy atom. The lowest BCUT2D eigenvalue weighted by Crippen LogP contribution is -2.23. The largest absolute Gasteiger partial charge is 0.507 e. The zero-order chi connectivity index (χ0) is 15.5. The van der Waals surface area contributed by atoms with Crippen LogP contribution in [0.4, 0.5) is 0 Å². The second-order valence-corrected chi connectivity index (χ2v) is 6.68. The number of carbonyl (C=O) groups excluding carboxylic acids is 1. The molecule has 1 saturated carbocycles. The first-order chi connectivity index (χ1) is 10.6. The molecule has 4 nitrogen and oxygen atoms in total. The van der Waals surface area contributed by atoms with Gasteiger partial charge in [0.2, 0.25) is 0 Å². The van der Waals surface area contributed by atoms with E-state index in [0.29, 0.717) is 17.2 Å². The molecule has 1 heterocycles. The number of para-hydroxylation sites is 1. The predicted molar refractivity (Wildman–Crippen MR) is 85.0 cm³/mol. The van der Waals surface area contributed by atoms with Crippen molar-refractivity contribution in [3.8, 4) is 5.75 Å². The SMILES string of the molecule is CN1CC[C@H](OC(=O)Cc2cccc(C3CCCC3)c2O)C1. The average molecular weight is 303 g/mol. The highest BCUT2D eigenvalue weighted by Crippen LogP contribution is 2.39. The number of phenols is 1. The molecule has 0 amide bonds. The van der Waals surface area contributed by atoms with Crippen molar-refractivity contribution in [1.82, 2.24) is 4.90 Å². The van der Waals surface area contributed by atoms with E-state index >= 15 is 0 Å². The lowest BCUT2D eigenvalue weighted by molar-refractivity contribution is -0.147. The van der Waals surface area contributed by atoms with E-state index in [1.165, 1.54) is 12.8 Å². The van der Waals surface area contributed by atoms with E-state index in [0.717, 1.165) is 37.9 Å². The van der Waals surface area contributed by atoms with Gasteiger partial charge in [-0.3, -0.25) is 4.79 Å². The Morgan fingerprint density at radius 3 is 2.77 bits per heavy atom. The maximum Gasteiger partial charge on any atom is 0.310 e. The zero-order valence-electron chi connectivity index (χ0n) is 13.3. The van der Waals surface area contributed by atoms with Crippen LogP contribution in [0.5, 0.6) is 5.75 Å². The van der Waals surface area contributed by atoms with Crippen molar-refractivity contribution >= 4 is 5.97 Å². The third-order valence-electron chi connectivity index (χ3n) is 4.93. The summed E-state index contributed by atoms with van der Waals surface area (Å²) < 4.78 is 5.51. The van der Waals surface area contributed by atoms with Gasteiger partial charge in [-0.25, -0.2) is 0 Å². The van der Waals surface area contributed by atoms with E-state index in [9.17, 15) is 9.90 Å². The first kappa shape index (κ1) is 15.3. The van der Waals surface area contributed by atoms with Gasteiger partial charge in [0.25, 0.3) is 0 Å². The van der Waals surface area contributed by atoms with Gasteiger partial charge in [-0.15, -0.1) is 0 Å². The molecule has 0 unspecified atom stereocenters. The van der Waals surface area contributed by atoms with Gasteiger partial charge in [-0.05, 0) is 37.8 Å². The standard InChI is InChI=1S/C18H25NO3/c1-19-10-9-15(12-19)22-17(20)11-14-7-4-8-16(18(14)21)13-5-2-3-6-13/h4,7-8,13,15,21H,2-3,5-6,9-12H2,1H3/t15-/m0/s1. The van der Waals surface area contributed by atoms with Crippen molar-refractivity contribution in [2.45, 2.75) is 50.5 Å². The molecule has 1 aromatic rings. The number of ether oxygens (including phenoxy) is 1. The fourth-order valence-electron chi connectivity index (χ4n) is 3.69. The number of likely N-dealkylation sites (tertiary alicyclic amines) is 1. The van der Waals surface area contributed by atoms with Gasteiger partial charge in [-0.2, -0.15) is 0 Å². The Labute approximate surface area is 132 Å². The van der Waals surface area contributed by atoms with Crippen LogP contribution < -0.4 is 0 Å². The molecular formula is C18H25NO3. The van der Waals surface area contributed by atoms with Gasteiger partial charge in [0, 0.05) is 18.7 Å². The number of hydrogen-bond acceptors (Lipinski definition) is 4. The molecule has 0 radical (unpaired) electrons. The number of carbonyl (C=O) groups is 1. The molecule has 22 heavy (non-hydrogen) atoms. The molecule has 4 heteroatoms. The van der Waals surface area contributed by atoms with Crippen LogP contribution in [-0.4, -0.2) is 42.2 Å². The van der Waals surface area contributed by atoms with E-state index in [-0.39, 0.29) is 18.5 Å². The maximum absolute atomic E-state index is 12.1. The quantitative estimate of drug-likeness (QED) is 0.869. The van der Waals surface area contributed by atoms with E-state index in [1.807, 2.05) is 25.2 Å². The molecule has 1 saturated heterocycles. The first-order valence-electron chi connectivity index (χ1n) is 8.32. The summed E-state index contributed by atoms with van der Waals surface area (Å²) in [5, 5.41) is 10.5. The number of nitrogens with zero attached hydrogens (tertiary/aromatic N) is 1. The van der Waals surface area contributed by atoms with E-state index in [4.69, 9.17) is 4.74 Å². The Balaban J connectivity index is 1.64. The fourth-order valence-corrected chi connectivity index (χ4v) is 3.69. The highest BCUT2D eigenvalue weighted by Gasteiger charge is 2.25. The van der Waals surface area contributed by atoms with Gasteiger partial charge in [-0.1, -0.05) is 31.0 Å². The molecule has 1 aliphatic carbocycles. The van der Waals surface area contributed by atoms with Crippen LogP contribution in [0.25, 0.3) is 0 Å². The molecule has 1 atom stereocenters. The van der Waals surface area contributed by atoms with Crippen molar-refractivity contribution < 1.29 is 14.6 Å². The second kappa shape index (κ2) is 6.69. The molecule has 120 valence electrons. The molecular weight excluding hydrogens is 278 g/mol. The summed E-state index contributed by atoms with van der Waals surface area (Å²) >= 11 is 0. The highest BCUT2D eigenvalue weighted by atomic mass is 16.5. The van der Waals surface area contributed by atoms with Crippen LogP contribution in [0.1, 0.15) is 49.1 Å². The molecule has 1 aliphatic heterocycles. The lowest BCUT2D eigenvalue weighted by atomic mass is 9.94. The number of likely N-dealkylation sites (N-methyl/N-ethyl adjacent to an activating group) is 1. The van der Waals surface area contributed by atoms with Gasteiger partial charge >= 0.3 is 5.97 Å². The fraction of sp³-hybridized carbons (Fsp3) is 0.611. The maximum atomic E-state index is 12.1. The number of hydrogen-bond donors (Lipinski definition) is 1. The van der Waals surface area contributed by atoms with Crippen LogP contribution in [0, 0.1) is 0 Å². The normalized spacial score (nSPS) is 23.0. The topological polar surface area (TPSA) is 49.8 Å². The molecule has 3 rings (SSSR count). The third kappa shape index (κ3) is 3.43. The summed E-state index contributed by atoms with van der Waals surface area (Å²) in [4.78, 5) is 14.3. The summed E-state index contributed by atoms with van der Waals surface area (Å²) in [6, 6.07) is 5.77. The van der Waals surface area contributed by atoms with Crippen molar-refractivity contribution in [3.05, 3.63) is 29.3 Å². The van der Waals surface area contributed by atoms with Crippen LogP contribution >= 0.6 is 0 Å². The molecule has 2 fully saturated rings. The third-order valence-corrected chi connectivity index (χ3v) is 4.93. The average Bonchev–Trinajstić information content (AvgIpc) is 3.13. The second-order valence-electron chi connectivity index (χ2n) is 6.68. The predicted octanol–water partition coefficient (Wildman–Crippen LogP) is 2.84. The van der Waals surface area contributed by atoms with Crippen molar-refractivity contribution in [2.24, 2.45) is 0 Å². The Hall–Kier alpha value is -1.55. The number of benzene rings is 1. The highest BCUT2D eigenvalue weighted by molar-refractivity contribution is 5.74. The Morgan fingerprint density at radius 2 is 2.09 bits per heavy atom. The van der Waals surface area contributed by atoms with Crippen LogP contribution in [0.15, 0.2) is 18.2 Å². The summed E-state index contributed by atoms with van der Waals surface area (Å²) in [6.07, 6.45) is 5.78. The van der Waals surface area contributed by atoms with E-state index in [2.05, 4.69) is 4.90 Å². The van der Waals surface area contributed by atoms with E-state index < -0.39 is 0 Å². The minimum Gasteiger partial charge on any atom is -0.507 e. The molecule has 0 bridgehead atoms. The van der Waals surface area contributed by atoms with E-state index in [1.54, 1.807) is 0 Å². The number of rotatable bonds is 4. The molecule has 0 aromatic heterocycles. The van der Waals surface area contributed by atoms with Crippen LogP contribution in [0.3, 0.4) is 0 Å². The molecule has 2 aliphatic rings.